The average molecular weight is 338 g/mol. The average Bonchev–Trinajstić information content (AvgIpc) is 2.60. The number of nitrogens with zero attached hydrogens (tertiary/aromatic N) is 1. The molecule has 5 nitrogen and oxygen atoms in total. The lowest BCUT2D eigenvalue weighted by molar-refractivity contribution is 0.0743. The molecule has 0 aliphatic carbocycles. The van der Waals surface area contributed by atoms with E-state index in [1.54, 1.807) is 6.92 Å². The highest BCUT2D eigenvalue weighted by atomic mass is 32.2. The molecule has 6 heteroatoms. The van der Waals surface area contributed by atoms with Gasteiger partial charge in [0.25, 0.3) is 5.91 Å². The highest BCUT2D eigenvalue weighted by Crippen LogP contribution is 2.25. The van der Waals surface area contributed by atoms with Crippen molar-refractivity contribution in [3.05, 3.63) is 28.8 Å². The molecule has 0 aromatic heterocycles. The Hall–Kier alpha value is -1.40. The summed E-state index contributed by atoms with van der Waals surface area (Å²) in [5.41, 5.74) is 2.01. The van der Waals surface area contributed by atoms with Gasteiger partial charge in [0.15, 0.2) is 0 Å². The van der Waals surface area contributed by atoms with E-state index >= 15 is 0 Å². The zero-order valence-corrected chi connectivity index (χ0v) is 15.1. The van der Waals surface area contributed by atoms with E-state index in [1.807, 2.05) is 11.8 Å². The molecular formula is C17H26N2O3S. The molecule has 0 unspecified atom stereocenters. The topological polar surface area (TPSA) is 80.5 Å². The minimum absolute atomic E-state index is 0.000175. The van der Waals surface area contributed by atoms with Crippen LogP contribution < -0.4 is 5.14 Å². The molecule has 2 N–H and O–H groups in total. The third kappa shape index (κ3) is 4.12. The predicted molar refractivity (Wildman–Crippen MR) is 90.8 cm³/mol. The van der Waals surface area contributed by atoms with Crippen LogP contribution in [0.2, 0.25) is 0 Å². The Balaban J connectivity index is 2.40. The molecule has 2 atom stereocenters. The lowest BCUT2D eigenvalue weighted by Crippen LogP contribution is -2.34. The smallest absolute Gasteiger partial charge is 0.254 e. The van der Waals surface area contributed by atoms with Gasteiger partial charge in [0.1, 0.15) is 0 Å². The molecule has 128 valence electrons. The molecule has 1 heterocycles. The monoisotopic (exact) mass is 338 g/mol. The van der Waals surface area contributed by atoms with Gasteiger partial charge in [0, 0.05) is 18.7 Å². The molecule has 0 bridgehead atoms. The largest absolute Gasteiger partial charge is 0.338 e. The number of hydrogen-bond donors (Lipinski definition) is 1. The molecule has 2 rings (SSSR count). The third-order valence-electron chi connectivity index (χ3n) is 4.72. The maximum absolute atomic E-state index is 12.9. The minimum atomic E-state index is -3.83. The molecule has 1 amide bonds. The minimum Gasteiger partial charge on any atom is -0.338 e. The van der Waals surface area contributed by atoms with Gasteiger partial charge in [0.2, 0.25) is 10.0 Å². The van der Waals surface area contributed by atoms with Gasteiger partial charge < -0.3 is 4.90 Å². The Morgan fingerprint density at radius 3 is 2.48 bits per heavy atom. The number of sulfonamides is 1. The molecular weight excluding hydrogens is 312 g/mol. The van der Waals surface area contributed by atoms with Gasteiger partial charge in [-0.25, -0.2) is 13.6 Å². The second-order valence-electron chi connectivity index (χ2n) is 6.94. The Morgan fingerprint density at radius 2 is 1.87 bits per heavy atom. The first-order chi connectivity index (χ1) is 10.6. The Labute approximate surface area is 138 Å². The van der Waals surface area contributed by atoms with Crippen LogP contribution in [-0.4, -0.2) is 32.3 Å². The van der Waals surface area contributed by atoms with Gasteiger partial charge in [-0.2, -0.15) is 0 Å². The fourth-order valence-electron chi connectivity index (χ4n) is 3.29. The number of carbonyl (C=O) groups excluding carboxylic acids is 1. The van der Waals surface area contributed by atoms with Crippen LogP contribution >= 0.6 is 0 Å². The van der Waals surface area contributed by atoms with Crippen molar-refractivity contribution < 1.29 is 13.2 Å². The number of benzene rings is 1. The van der Waals surface area contributed by atoms with Crippen molar-refractivity contribution in [2.45, 2.75) is 45.4 Å². The van der Waals surface area contributed by atoms with E-state index in [9.17, 15) is 13.2 Å². The van der Waals surface area contributed by atoms with Gasteiger partial charge in [-0.15, -0.1) is 0 Å². The van der Waals surface area contributed by atoms with E-state index in [0.29, 0.717) is 30.5 Å². The number of carbonyl (C=O) groups is 1. The zero-order valence-electron chi connectivity index (χ0n) is 14.3. The summed E-state index contributed by atoms with van der Waals surface area (Å²) in [6.07, 6.45) is 2.09. The molecule has 1 aromatic carbocycles. The van der Waals surface area contributed by atoms with Gasteiger partial charge in [-0.05, 0) is 61.8 Å². The Kier molecular flexibility index (Phi) is 5.16. The number of primary sulfonamides is 1. The maximum atomic E-state index is 12.9. The third-order valence-corrected chi connectivity index (χ3v) is 5.61. The van der Waals surface area contributed by atoms with Crippen molar-refractivity contribution in [3.8, 4) is 0 Å². The van der Waals surface area contributed by atoms with Crippen LogP contribution in [0, 0.1) is 25.7 Å². The van der Waals surface area contributed by atoms with E-state index in [1.165, 1.54) is 12.1 Å². The van der Waals surface area contributed by atoms with Crippen LogP contribution in [0.1, 0.15) is 48.2 Å². The fourth-order valence-corrected chi connectivity index (χ4v) is 3.91. The standard InChI is InChI=1S/C17H26N2O3S/c1-11-5-6-19(10-12(2)7-11)17(20)16-9-15(23(18,21)22)8-13(3)14(16)4/h8-9,11-12H,5-7,10H2,1-4H3,(H2,18,21,22)/t11-,12-/m0/s1. The van der Waals surface area contributed by atoms with Crippen LogP contribution in [0.5, 0.6) is 0 Å². The van der Waals surface area contributed by atoms with E-state index in [2.05, 4.69) is 13.8 Å². The molecule has 23 heavy (non-hydrogen) atoms. The zero-order chi connectivity index (χ0) is 17.4. The van der Waals surface area contributed by atoms with E-state index < -0.39 is 10.0 Å². The molecule has 1 aromatic rings. The molecule has 1 aliphatic heterocycles. The summed E-state index contributed by atoms with van der Waals surface area (Å²) in [4.78, 5) is 14.8. The molecule has 1 saturated heterocycles. The van der Waals surface area contributed by atoms with Crippen LogP contribution in [0.3, 0.4) is 0 Å². The van der Waals surface area contributed by atoms with E-state index in [0.717, 1.165) is 24.0 Å². The van der Waals surface area contributed by atoms with E-state index in [-0.39, 0.29) is 10.8 Å². The highest BCUT2D eigenvalue weighted by Gasteiger charge is 2.26. The fraction of sp³-hybridized carbons (Fsp3) is 0.588. The van der Waals surface area contributed by atoms with Crippen molar-refractivity contribution in [2.24, 2.45) is 17.0 Å². The number of hydrogen-bond acceptors (Lipinski definition) is 3. The van der Waals surface area contributed by atoms with Crippen molar-refractivity contribution >= 4 is 15.9 Å². The number of likely N-dealkylation sites (tertiary alicyclic amines) is 1. The molecule has 0 saturated carbocycles. The molecule has 1 fully saturated rings. The summed E-state index contributed by atoms with van der Waals surface area (Å²) < 4.78 is 23.3. The first kappa shape index (κ1) is 17.9. The second kappa shape index (κ2) is 6.61. The van der Waals surface area contributed by atoms with Crippen LogP contribution in [-0.2, 0) is 10.0 Å². The summed E-state index contributed by atoms with van der Waals surface area (Å²) in [6.45, 7) is 9.43. The van der Waals surface area contributed by atoms with Crippen LogP contribution in [0.25, 0.3) is 0 Å². The molecule has 0 radical (unpaired) electrons. The summed E-state index contributed by atoms with van der Waals surface area (Å²) >= 11 is 0. The lowest BCUT2D eigenvalue weighted by atomic mass is 9.97. The van der Waals surface area contributed by atoms with Crippen molar-refractivity contribution in [1.29, 1.82) is 0 Å². The second-order valence-corrected chi connectivity index (χ2v) is 8.51. The van der Waals surface area contributed by atoms with Gasteiger partial charge in [-0.1, -0.05) is 13.8 Å². The Bertz CT molecular complexity index is 713. The number of rotatable bonds is 2. The first-order valence-corrected chi connectivity index (χ1v) is 9.57. The predicted octanol–water partition coefficient (Wildman–Crippen LogP) is 2.46. The van der Waals surface area contributed by atoms with Crippen LogP contribution in [0.4, 0.5) is 0 Å². The number of aryl methyl sites for hydroxylation is 1. The quantitative estimate of drug-likeness (QED) is 0.899. The van der Waals surface area contributed by atoms with Gasteiger partial charge in [0.05, 0.1) is 4.90 Å². The summed E-state index contributed by atoms with van der Waals surface area (Å²) in [5, 5.41) is 5.24. The maximum Gasteiger partial charge on any atom is 0.254 e. The van der Waals surface area contributed by atoms with Crippen LogP contribution in [0.15, 0.2) is 17.0 Å². The van der Waals surface area contributed by atoms with E-state index in [4.69, 9.17) is 5.14 Å². The van der Waals surface area contributed by atoms with Gasteiger partial charge >= 0.3 is 0 Å². The lowest BCUT2D eigenvalue weighted by Gasteiger charge is -2.24. The summed E-state index contributed by atoms with van der Waals surface area (Å²) in [5.74, 6) is 0.942. The SMILES string of the molecule is Cc1cc(S(N)(=O)=O)cc(C(=O)N2CC[C@H](C)C[C@H](C)C2)c1C. The Morgan fingerprint density at radius 1 is 1.22 bits per heavy atom. The highest BCUT2D eigenvalue weighted by molar-refractivity contribution is 7.89. The van der Waals surface area contributed by atoms with Crippen molar-refractivity contribution in [1.82, 2.24) is 4.90 Å². The molecule has 1 aliphatic rings. The molecule has 0 spiro atoms. The first-order valence-electron chi connectivity index (χ1n) is 8.03. The number of nitrogens with two attached hydrogens (primary N) is 1. The summed E-state index contributed by atoms with van der Waals surface area (Å²) in [7, 11) is -3.83. The number of amides is 1. The van der Waals surface area contributed by atoms with Gasteiger partial charge in [-0.3, -0.25) is 4.79 Å². The summed E-state index contributed by atoms with van der Waals surface area (Å²) in [6, 6.07) is 2.94. The van der Waals surface area contributed by atoms with Crippen molar-refractivity contribution in [2.75, 3.05) is 13.1 Å². The normalized spacial score (nSPS) is 22.7. The van der Waals surface area contributed by atoms with Crippen molar-refractivity contribution in [3.63, 3.8) is 0 Å².